The maximum Gasteiger partial charge on any atom is 0.116 e. The lowest BCUT2D eigenvalue weighted by molar-refractivity contribution is 0.221. The number of ether oxygens (including phenoxy) is 1. The first-order valence-corrected chi connectivity index (χ1v) is 4.02. The third-order valence-corrected chi connectivity index (χ3v) is 1.79. The molecule has 3 heteroatoms. The molecule has 1 rings (SSSR count). The van der Waals surface area contributed by atoms with Crippen molar-refractivity contribution in [2.75, 3.05) is 19.2 Å². The highest BCUT2D eigenvalue weighted by atomic mass is 16.5. The third-order valence-electron chi connectivity index (χ3n) is 1.79. The first-order chi connectivity index (χ1) is 6.29. The molecule has 3 nitrogen and oxygen atoms in total. The number of benzene rings is 1. The highest BCUT2D eigenvalue weighted by Gasteiger charge is 2.02. The summed E-state index contributed by atoms with van der Waals surface area (Å²) in [6, 6.07) is 7.84. The molecule has 0 amide bonds. The van der Waals surface area contributed by atoms with Crippen LogP contribution in [-0.2, 0) is 4.74 Å². The Labute approximate surface area is 77.9 Å². The topological polar surface area (TPSA) is 45.0 Å². The van der Waals surface area contributed by atoms with E-state index < -0.39 is 0 Å². The van der Waals surface area contributed by atoms with E-state index in [0.29, 0.717) is 12.3 Å². The van der Waals surface area contributed by atoms with Crippen LogP contribution in [-0.4, -0.2) is 13.8 Å². The van der Waals surface area contributed by atoms with E-state index in [4.69, 9.17) is 10.00 Å². The predicted octanol–water partition coefficient (Wildman–Crippen LogP) is 1.88. The molecule has 1 aromatic carbocycles. The number of nitrogens with zero attached hydrogens (tertiary/aromatic N) is 1. The summed E-state index contributed by atoms with van der Waals surface area (Å²) < 4.78 is 4.86. The van der Waals surface area contributed by atoms with Gasteiger partial charge in [-0.25, -0.2) is 0 Å². The van der Waals surface area contributed by atoms with Crippen LogP contribution >= 0.6 is 0 Å². The Bertz CT molecular complexity index is 328. The van der Waals surface area contributed by atoms with E-state index in [-0.39, 0.29) is 0 Å². The van der Waals surface area contributed by atoms with Crippen molar-refractivity contribution in [2.24, 2.45) is 0 Å². The third kappa shape index (κ3) is 2.20. The van der Waals surface area contributed by atoms with Gasteiger partial charge in [-0.3, -0.25) is 0 Å². The number of nitrogens with one attached hydrogen (secondary N) is 1. The molecule has 1 N–H and O–H groups in total. The second-order valence-corrected chi connectivity index (χ2v) is 2.72. The van der Waals surface area contributed by atoms with Crippen molar-refractivity contribution < 1.29 is 4.74 Å². The van der Waals surface area contributed by atoms with Crippen molar-refractivity contribution >= 4 is 5.69 Å². The molecular weight excluding hydrogens is 164 g/mol. The average molecular weight is 176 g/mol. The number of methoxy groups -OCH3 is 1. The van der Waals surface area contributed by atoms with E-state index in [0.717, 1.165) is 11.3 Å². The first-order valence-electron chi connectivity index (χ1n) is 4.02. The number of rotatable bonds is 3. The maximum atomic E-state index is 8.87. The summed E-state index contributed by atoms with van der Waals surface area (Å²) in [6.07, 6.45) is 0. The lowest BCUT2D eigenvalue weighted by atomic mass is 10.1. The summed E-state index contributed by atoms with van der Waals surface area (Å²) in [5, 5.41) is 11.9. The molecule has 0 atom stereocenters. The molecule has 0 aliphatic rings. The lowest BCUT2D eigenvalue weighted by Crippen LogP contribution is -2.05. The molecule has 0 radical (unpaired) electrons. The van der Waals surface area contributed by atoms with E-state index in [1.54, 1.807) is 7.11 Å². The van der Waals surface area contributed by atoms with Gasteiger partial charge in [-0.2, -0.15) is 5.26 Å². The van der Waals surface area contributed by atoms with Gasteiger partial charge in [-0.15, -0.1) is 0 Å². The standard InChI is InChI=1S/C10H12N2O/c1-8-4-3-5-10(9(8)6-11)12-7-13-2/h3-5,12H,7H2,1-2H3. The van der Waals surface area contributed by atoms with Crippen molar-refractivity contribution in [1.29, 1.82) is 5.26 Å². The molecular formula is C10H12N2O. The fourth-order valence-electron chi connectivity index (χ4n) is 1.11. The first kappa shape index (κ1) is 9.56. The summed E-state index contributed by atoms with van der Waals surface area (Å²) in [5.74, 6) is 0. The van der Waals surface area contributed by atoms with Gasteiger partial charge in [0.15, 0.2) is 0 Å². The van der Waals surface area contributed by atoms with Crippen LogP contribution in [0.25, 0.3) is 0 Å². The van der Waals surface area contributed by atoms with Crippen LogP contribution in [0.15, 0.2) is 18.2 Å². The summed E-state index contributed by atoms with van der Waals surface area (Å²) >= 11 is 0. The van der Waals surface area contributed by atoms with Crippen molar-refractivity contribution in [3.8, 4) is 6.07 Å². The Morgan fingerprint density at radius 2 is 2.31 bits per heavy atom. The van der Waals surface area contributed by atoms with Crippen LogP contribution in [0.4, 0.5) is 5.69 Å². The lowest BCUT2D eigenvalue weighted by Gasteiger charge is -2.08. The normalized spacial score (nSPS) is 9.31. The number of aryl methyl sites for hydroxylation is 1. The molecule has 13 heavy (non-hydrogen) atoms. The van der Waals surface area contributed by atoms with E-state index in [1.807, 2.05) is 25.1 Å². The molecule has 68 valence electrons. The van der Waals surface area contributed by atoms with Crippen LogP contribution in [0, 0.1) is 18.3 Å². The zero-order valence-electron chi connectivity index (χ0n) is 7.79. The Morgan fingerprint density at radius 3 is 2.92 bits per heavy atom. The van der Waals surface area contributed by atoms with Gasteiger partial charge in [-0.05, 0) is 18.6 Å². The fraction of sp³-hybridized carbons (Fsp3) is 0.300. The largest absolute Gasteiger partial charge is 0.365 e. The predicted molar refractivity (Wildman–Crippen MR) is 51.4 cm³/mol. The molecule has 0 unspecified atom stereocenters. The minimum Gasteiger partial charge on any atom is -0.365 e. The second kappa shape index (κ2) is 4.48. The molecule has 0 bridgehead atoms. The van der Waals surface area contributed by atoms with Gasteiger partial charge in [0.1, 0.15) is 12.8 Å². The Hall–Kier alpha value is -1.53. The van der Waals surface area contributed by atoms with Crippen molar-refractivity contribution in [3.63, 3.8) is 0 Å². The fourth-order valence-corrected chi connectivity index (χ4v) is 1.11. The summed E-state index contributed by atoms with van der Waals surface area (Å²) in [5.41, 5.74) is 2.48. The van der Waals surface area contributed by atoms with Gasteiger partial charge in [0.2, 0.25) is 0 Å². The molecule has 0 spiro atoms. The molecule has 0 heterocycles. The van der Waals surface area contributed by atoms with Crippen molar-refractivity contribution in [1.82, 2.24) is 0 Å². The Morgan fingerprint density at radius 1 is 1.54 bits per heavy atom. The van der Waals surface area contributed by atoms with Crippen LogP contribution < -0.4 is 5.32 Å². The summed E-state index contributed by atoms with van der Waals surface area (Å²) in [7, 11) is 1.61. The summed E-state index contributed by atoms with van der Waals surface area (Å²) in [4.78, 5) is 0. The molecule has 0 aliphatic carbocycles. The van der Waals surface area contributed by atoms with Gasteiger partial charge >= 0.3 is 0 Å². The van der Waals surface area contributed by atoms with Crippen molar-refractivity contribution in [3.05, 3.63) is 29.3 Å². The second-order valence-electron chi connectivity index (χ2n) is 2.72. The minimum absolute atomic E-state index is 0.415. The molecule has 1 aromatic rings. The number of anilines is 1. The van der Waals surface area contributed by atoms with Gasteiger partial charge in [-0.1, -0.05) is 12.1 Å². The average Bonchev–Trinajstić information content (AvgIpc) is 2.15. The number of nitriles is 1. The van der Waals surface area contributed by atoms with Gasteiger partial charge < -0.3 is 10.1 Å². The monoisotopic (exact) mass is 176 g/mol. The SMILES string of the molecule is COCNc1cccc(C)c1C#N. The van der Waals surface area contributed by atoms with Crippen LogP contribution in [0.3, 0.4) is 0 Å². The summed E-state index contributed by atoms with van der Waals surface area (Å²) in [6.45, 7) is 2.33. The number of hydrogen-bond acceptors (Lipinski definition) is 3. The smallest absolute Gasteiger partial charge is 0.116 e. The molecule has 0 saturated carbocycles. The zero-order valence-corrected chi connectivity index (χ0v) is 7.79. The quantitative estimate of drug-likeness (QED) is 0.715. The van der Waals surface area contributed by atoms with E-state index in [1.165, 1.54) is 0 Å². The molecule has 0 aliphatic heterocycles. The maximum absolute atomic E-state index is 8.87. The van der Waals surface area contributed by atoms with Gasteiger partial charge in [0, 0.05) is 7.11 Å². The van der Waals surface area contributed by atoms with E-state index in [9.17, 15) is 0 Å². The van der Waals surface area contributed by atoms with Gasteiger partial charge in [0.25, 0.3) is 0 Å². The molecule has 0 aromatic heterocycles. The van der Waals surface area contributed by atoms with Crippen molar-refractivity contribution in [2.45, 2.75) is 6.92 Å². The van der Waals surface area contributed by atoms with E-state index in [2.05, 4.69) is 11.4 Å². The highest BCUT2D eigenvalue weighted by molar-refractivity contribution is 5.60. The highest BCUT2D eigenvalue weighted by Crippen LogP contribution is 2.17. The zero-order chi connectivity index (χ0) is 9.68. The van der Waals surface area contributed by atoms with Crippen LogP contribution in [0.5, 0.6) is 0 Å². The van der Waals surface area contributed by atoms with E-state index >= 15 is 0 Å². The minimum atomic E-state index is 0.415. The Kier molecular flexibility index (Phi) is 3.30. The van der Waals surface area contributed by atoms with Gasteiger partial charge in [0.05, 0.1) is 11.3 Å². The Balaban J connectivity index is 2.93. The van der Waals surface area contributed by atoms with Crippen LogP contribution in [0.1, 0.15) is 11.1 Å². The molecule has 0 fully saturated rings. The molecule has 0 saturated heterocycles. The van der Waals surface area contributed by atoms with Crippen LogP contribution in [0.2, 0.25) is 0 Å². The number of hydrogen-bond donors (Lipinski definition) is 1.